The third kappa shape index (κ3) is 4.15. The van der Waals surface area contributed by atoms with Crippen LogP contribution in [0.2, 0.25) is 0 Å². The summed E-state index contributed by atoms with van der Waals surface area (Å²) in [5.41, 5.74) is 0.438. The number of phenolic OH excluding ortho intramolecular Hbond substituents is 1. The van der Waals surface area contributed by atoms with Crippen LogP contribution in [0.1, 0.15) is 0 Å². The lowest BCUT2D eigenvalue weighted by Crippen LogP contribution is -2.60. The van der Waals surface area contributed by atoms with Crippen LogP contribution in [0.3, 0.4) is 0 Å². The molecule has 0 aliphatic carbocycles. The van der Waals surface area contributed by atoms with Gasteiger partial charge in [-0.05, 0) is 23.8 Å². The van der Waals surface area contributed by atoms with Crippen molar-refractivity contribution in [3.05, 3.63) is 46.8 Å². The van der Waals surface area contributed by atoms with Crippen LogP contribution in [0.4, 0.5) is 0 Å². The standard InChI is InChI=1S/C23H24O11/c1-30-15-5-10(3-4-13(15)25)12-9-32-14-7-17(16(31-2)6-11(14)19(12)26)33-23-22(29)21(28)20(27)18(8-24)34-23/h3-7,9,18,20-25,27-29H,8H2,1-2H3/t18-,20-,21+,22-,23-/m1/s1. The van der Waals surface area contributed by atoms with Gasteiger partial charge in [-0.3, -0.25) is 4.79 Å². The molecule has 0 radical (unpaired) electrons. The van der Waals surface area contributed by atoms with Crippen LogP contribution in [0.25, 0.3) is 22.1 Å². The topological polar surface area (TPSA) is 168 Å². The Hall–Kier alpha value is -3.35. The number of aliphatic hydroxyl groups is 4. The van der Waals surface area contributed by atoms with Crippen LogP contribution in [0.5, 0.6) is 23.0 Å². The van der Waals surface area contributed by atoms with E-state index in [4.69, 9.17) is 23.4 Å². The smallest absolute Gasteiger partial charge is 0.229 e. The minimum atomic E-state index is -1.63. The highest BCUT2D eigenvalue weighted by Gasteiger charge is 2.45. The molecule has 1 saturated heterocycles. The first-order chi connectivity index (χ1) is 16.3. The van der Waals surface area contributed by atoms with Crippen LogP contribution in [0, 0.1) is 0 Å². The summed E-state index contributed by atoms with van der Waals surface area (Å²) in [5.74, 6) is 0.254. The van der Waals surface area contributed by atoms with Gasteiger partial charge in [0.1, 0.15) is 36.3 Å². The van der Waals surface area contributed by atoms with E-state index in [1.165, 1.54) is 44.7 Å². The Morgan fingerprint density at radius 1 is 0.941 bits per heavy atom. The molecule has 5 N–H and O–H groups in total. The monoisotopic (exact) mass is 476 g/mol. The molecular weight excluding hydrogens is 452 g/mol. The first kappa shape index (κ1) is 23.8. The molecule has 0 bridgehead atoms. The van der Waals surface area contributed by atoms with Gasteiger partial charge in [-0.15, -0.1) is 0 Å². The molecule has 1 aliphatic rings. The van der Waals surface area contributed by atoms with Crippen molar-refractivity contribution in [3.63, 3.8) is 0 Å². The molecule has 1 fully saturated rings. The molecule has 0 unspecified atom stereocenters. The lowest BCUT2D eigenvalue weighted by Gasteiger charge is -2.39. The van der Waals surface area contributed by atoms with Gasteiger partial charge in [0.2, 0.25) is 11.7 Å². The Balaban J connectivity index is 1.72. The van der Waals surface area contributed by atoms with Crippen molar-refractivity contribution in [1.29, 1.82) is 0 Å². The molecule has 5 atom stereocenters. The van der Waals surface area contributed by atoms with Crippen LogP contribution in [-0.2, 0) is 4.74 Å². The van der Waals surface area contributed by atoms with Crippen LogP contribution in [0.15, 0.2) is 45.8 Å². The summed E-state index contributed by atoms with van der Waals surface area (Å²) < 4.78 is 27.1. The number of phenols is 1. The van der Waals surface area contributed by atoms with Crippen molar-refractivity contribution >= 4 is 11.0 Å². The summed E-state index contributed by atoms with van der Waals surface area (Å²) in [4.78, 5) is 13.2. The maximum Gasteiger partial charge on any atom is 0.229 e. The predicted molar refractivity (Wildman–Crippen MR) is 117 cm³/mol. The fraction of sp³-hybridized carbons (Fsp3) is 0.348. The van der Waals surface area contributed by atoms with Crippen molar-refractivity contribution in [2.45, 2.75) is 30.7 Å². The summed E-state index contributed by atoms with van der Waals surface area (Å²) >= 11 is 0. The van der Waals surface area contributed by atoms with Gasteiger partial charge in [-0.2, -0.15) is 0 Å². The molecule has 0 amide bonds. The number of rotatable bonds is 6. The molecule has 1 aliphatic heterocycles. The van der Waals surface area contributed by atoms with E-state index >= 15 is 0 Å². The Morgan fingerprint density at radius 2 is 1.68 bits per heavy atom. The zero-order valence-corrected chi connectivity index (χ0v) is 18.2. The Kier molecular flexibility index (Phi) is 6.64. The maximum absolute atomic E-state index is 13.2. The summed E-state index contributed by atoms with van der Waals surface area (Å²) in [6.45, 7) is -0.612. The van der Waals surface area contributed by atoms with Crippen molar-refractivity contribution < 1.29 is 48.9 Å². The minimum Gasteiger partial charge on any atom is -0.504 e. The van der Waals surface area contributed by atoms with Gasteiger partial charge >= 0.3 is 0 Å². The highest BCUT2D eigenvalue weighted by molar-refractivity contribution is 5.85. The van der Waals surface area contributed by atoms with E-state index in [2.05, 4.69) is 0 Å². The van der Waals surface area contributed by atoms with Gasteiger partial charge in [0.25, 0.3) is 0 Å². The molecule has 2 aromatic carbocycles. The van der Waals surface area contributed by atoms with Gasteiger partial charge in [0.05, 0.1) is 31.8 Å². The lowest BCUT2D eigenvalue weighted by atomic mass is 9.99. The number of hydrogen-bond acceptors (Lipinski definition) is 11. The van der Waals surface area contributed by atoms with E-state index in [-0.39, 0.29) is 45.0 Å². The molecule has 1 aromatic heterocycles. The number of fused-ring (bicyclic) bond motifs is 1. The quantitative estimate of drug-likeness (QED) is 0.333. The zero-order chi connectivity index (χ0) is 24.6. The van der Waals surface area contributed by atoms with Crippen LogP contribution >= 0.6 is 0 Å². The predicted octanol–water partition coefficient (Wildman–Crippen LogP) is 0.361. The van der Waals surface area contributed by atoms with Crippen molar-refractivity contribution in [2.75, 3.05) is 20.8 Å². The Labute approximate surface area is 192 Å². The number of benzene rings is 2. The fourth-order valence-electron chi connectivity index (χ4n) is 3.72. The summed E-state index contributed by atoms with van der Waals surface area (Å²) in [7, 11) is 2.74. The van der Waals surface area contributed by atoms with Gasteiger partial charge in [-0.25, -0.2) is 0 Å². The molecule has 3 aromatic rings. The Bertz CT molecular complexity index is 1240. The average molecular weight is 476 g/mol. The second-order valence-electron chi connectivity index (χ2n) is 7.68. The average Bonchev–Trinajstić information content (AvgIpc) is 2.84. The molecule has 11 heteroatoms. The van der Waals surface area contributed by atoms with E-state index in [1.54, 1.807) is 6.07 Å². The van der Waals surface area contributed by atoms with E-state index in [0.29, 0.717) is 5.56 Å². The van der Waals surface area contributed by atoms with E-state index < -0.39 is 37.3 Å². The van der Waals surface area contributed by atoms with Crippen molar-refractivity contribution in [1.82, 2.24) is 0 Å². The third-order valence-corrected chi connectivity index (χ3v) is 5.64. The second kappa shape index (κ2) is 9.49. The third-order valence-electron chi connectivity index (χ3n) is 5.64. The van der Waals surface area contributed by atoms with Gasteiger partial charge in [-0.1, -0.05) is 6.07 Å². The number of aliphatic hydroxyl groups excluding tert-OH is 4. The highest BCUT2D eigenvalue weighted by atomic mass is 16.7. The largest absolute Gasteiger partial charge is 0.504 e. The molecule has 0 saturated carbocycles. The Morgan fingerprint density at radius 3 is 2.35 bits per heavy atom. The molecule has 11 nitrogen and oxygen atoms in total. The number of aromatic hydroxyl groups is 1. The fourth-order valence-corrected chi connectivity index (χ4v) is 3.72. The first-order valence-corrected chi connectivity index (χ1v) is 10.3. The number of methoxy groups -OCH3 is 2. The molecule has 34 heavy (non-hydrogen) atoms. The lowest BCUT2D eigenvalue weighted by molar-refractivity contribution is -0.277. The summed E-state index contributed by atoms with van der Waals surface area (Å²) in [5, 5.41) is 49.5. The zero-order valence-electron chi connectivity index (χ0n) is 18.2. The summed E-state index contributed by atoms with van der Waals surface area (Å²) in [6.07, 6.45) is -6.13. The normalized spacial score (nSPS) is 24.7. The van der Waals surface area contributed by atoms with Crippen LogP contribution in [-0.4, -0.2) is 77.1 Å². The molecular formula is C23H24O11. The summed E-state index contributed by atoms with van der Waals surface area (Å²) in [6, 6.07) is 7.20. The van der Waals surface area contributed by atoms with E-state index in [9.17, 15) is 30.3 Å². The molecule has 4 rings (SSSR count). The van der Waals surface area contributed by atoms with Gasteiger partial charge < -0.3 is 48.9 Å². The number of hydrogen-bond donors (Lipinski definition) is 5. The number of ether oxygens (including phenoxy) is 4. The first-order valence-electron chi connectivity index (χ1n) is 10.3. The minimum absolute atomic E-state index is 0.0292. The molecule has 2 heterocycles. The second-order valence-corrected chi connectivity index (χ2v) is 7.68. The van der Waals surface area contributed by atoms with Crippen molar-refractivity contribution in [2.24, 2.45) is 0 Å². The van der Waals surface area contributed by atoms with E-state index in [0.717, 1.165) is 0 Å². The molecule has 0 spiro atoms. The van der Waals surface area contributed by atoms with Crippen LogP contribution < -0.4 is 19.6 Å². The maximum atomic E-state index is 13.2. The SMILES string of the molecule is COc1cc(-c2coc3cc(O[C@@H]4O[C@H](CO)[C@@H](O)[C@H](O)[C@H]4O)c(OC)cc3c2=O)ccc1O. The van der Waals surface area contributed by atoms with Crippen molar-refractivity contribution in [3.8, 4) is 34.1 Å². The van der Waals surface area contributed by atoms with Gasteiger partial charge in [0.15, 0.2) is 23.0 Å². The van der Waals surface area contributed by atoms with Gasteiger partial charge in [0, 0.05) is 6.07 Å². The molecule has 182 valence electrons. The van der Waals surface area contributed by atoms with E-state index in [1.807, 2.05) is 0 Å². The highest BCUT2D eigenvalue weighted by Crippen LogP contribution is 2.36.